The Morgan fingerprint density at radius 3 is 2.40 bits per heavy atom. The van der Waals surface area contributed by atoms with Crippen molar-refractivity contribution in [3.63, 3.8) is 0 Å². The first-order valence-corrected chi connectivity index (χ1v) is 10.5. The van der Waals surface area contributed by atoms with Crippen LogP contribution < -0.4 is 10.6 Å². The molecule has 2 rings (SSSR count). The summed E-state index contributed by atoms with van der Waals surface area (Å²) >= 11 is 0. The second-order valence-corrected chi connectivity index (χ2v) is 9.23. The van der Waals surface area contributed by atoms with Gasteiger partial charge in [0.1, 0.15) is 0 Å². The fraction of sp³-hybridized carbons (Fsp3) is 0.938. The lowest BCUT2D eigenvalue weighted by atomic mass is 9.79. The van der Waals surface area contributed by atoms with Gasteiger partial charge in [0.05, 0.1) is 12.4 Å². The molecule has 2 fully saturated rings. The van der Waals surface area contributed by atoms with Crippen LogP contribution >= 0.6 is 12.4 Å². The molecule has 2 aliphatic rings. The van der Waals surface area contributed by atoms with Crippen LogP contribution in [0.2, 0.25) is 0 Å². The van der Waals surface area contributed by atoms with Crippen LogP contribution in [-0.4, -0.2) is 70.8 Å². The minimum atomic E-state index is -3.14. The van der Waals surface area contributed by atoms with Gasteiger partial charge < -0.3 is 15.4 Å². The van der Waals surface area contributed by atoms with E-state index < -0.39 is 10.0 Å². The summed E-state index contributed by atoms with van der Waals surface area (Å²) < 4.78 is 30.6. The van der Waals surface area contributed by atoms with Gasteiger partial charge in [-0.25, -0.2) is 12.7 Å². The van der Waals surface area contributed by atoms with Gasteiger partial charge in [-0.15, -0.1) is 12.4 Å². The van der Waals surface area contributed by atoms with Crippen molar-refractivity contribution in [2.75, 3.05) is 52.2 Å². The van der Waals surface area contributed by atoms with Gasteiger partial charge in [0.2, 0.25) is 15.9 Å². The molecule has 7 nitrogen and oxygen atoms in total. The molecule has 1 amide bonds. The molecule has 0 aromatic rings. The zero-order chi connectivity index (χ0) is 17.6. The molecular weight excluding hydrogens is 366 g/mol. The minimum Gasteiger partial charge on any atom is -0.384 e. The lowest BCUT2D eigenvalue weighted by Gasteiger charge is -2.38. The maximum atomic E-state index is 12.5. The van der Waals surface area contributed by atoms with Gasteiger partial charge >= 0.3 is 0 Å². The molecule has 0 aromatic heterocycles. The number of piperidine rings is 2. The molecule has 0 saturated carbocycles. The second kappa shape index (κ2) is 10.1. The first-order chi connectivity index (χ1) is 11.4. The molecule has 0 aliphatic carbocycles. The van der Waals surface area contributed by atoms with Crippen molar-refractivity contribution in [1.82, 2.24) is 14.9 Å². The molecule has 9 heteroatoms. The van der Waals surface area contributed by atoms with Crippen molar-refractivity contribution in [2.24, 2.45) is 11.3 Å². The summed E-state index contributed by atoms with van der Waals surface area (Å²) in [4.78, 5) is 12.5. The number of amides is 1. The number of sulfonamides is 1. The Morgan fingerprint density at radius 1 is 1.28 bits per heavy atom. The third kappa shape index (κ3) is 6.06. The summed E-state index contributed by atoms with van der Waals surface area (Å²) in [7, 11) is -1.43. The van der Waals surface area contributed by atoms with E-state index in [1.165, 1.54) is 4.31 Å². The molecule has 0 atom stereocenters. The fourth-order valence-corrected chi connectivity index (χ4v) is 4.77. The van der Waals surface area contributed by atoms with Gasteiger partial charge in [-0.1, -0.05) is 0 Å². The van der Waals surface area contributed by atoms with E-state index in [0.717, 1.165) is 25.9 Å². The van der Waals surface area contributed by atoms with Crippen molar-refractivity contribution in [3.05, 3.63) is 0 Å². The molecule has 0 radical (unpaired) electrons. The topological polar surface area (TPSA) is 87.7 Å². The molecule has 2 heterocycles. The highest BCUT2D eigenvalue weighted by Crippen LogP contribution is 2.28. The predicted octanol–water partition coefficient (Wildman–Crippen LogP) is 0.602. The first kappa shape index (κ1) is 22.6. The van der Waals surface area contributed by atoms with Crippen LogP contribution in [0.5, 0.6) is 0 Å². The summed E-state index contributed by atoms with van der Waals surface area (Å²) in [5.74, 6) is 0.0874. The predicted molar refractivity (Wildman–Crippen MR) is 100 cm³/mol. The van der Waals surface area contributed by atoms with Crippen LogP contribution in [-0.2, 0) is 19.6 Å². The lowest BCUT2D eigenvalue weighted by Crippen LogP contribution is -2.49. The Bertz CT molecular complexity index is 510. The number of halogens is 1. The van der Waals surface area contributed by atoms with Crippen molar-refractivity contribution >= 4 is 28.3 Å². The molecule has 0 unspecified atom stereocenters. The number of rotatable bonds is 7. The highest BCUT2D eigenvalue weighted by molar-refractivity contribution is 7.89. The normalized spacial score (nSPS) is 22.2. The van der Waals surface area contributed by atoms with E-state index in [9.17, 15) is 13.2 Å². The largest absolute Gasteiger partial charge is 0.384 e. The highest BCUT2D eigenvalue weighted by atomic mass is 35.5. The van der Waals surface area contributed by atoms with E-state index >= 15 is 0 Å². The maximum absolute atomic E-state index is 12.5. The Morgan fingerprint density at radius 2 is 1.88 bits per heavy atom. The SMILES string of the molecule is CCS(=O)(=O)N1CCC(C(=O)NCC2(COC)CCNCC2)CC1.Cl. The van der Waals surface area contributed by atoms with Gasteiger partial charge in [0.15, 0.2) is 0 Å². The molecule has 2 N–H and O–H groups in total. The summed E-state index contributed by atoms with van der Waals surface area (Å²) in [6.45, 7) is 5.74. The molecule has 0 spiro atoms. The molecule has 25 heavy (non-hydrogen) atoms. The average molecular weight is 398 g/mol. The number of nitrogens with one attached hydrogen (secondary N) is 2. The van der Waals surface area contributed by atoms with E-state index in [4.69, 9.17) is 4.74 Å². The highest BCUT2D eigenvalue weighted by Gasteiger charge is 2.34. The van der Waals surface area contributed by atoms with Crippen molar-refractivity contribution in [1.29, 1.82) is 0 Å². The van der Waals surface area contributed by atoms with Crippen molar-refractivity contribution in [3.8, 4) is 0 Å². The number of carbonyl (C=O) groups excluding carboxylic acids is 1. The van der Waals surface area contributed by atoms with E-state index in [0.29, 0.717) is 39.1 Å². The van der Waals surface area contributed by atoms with Crippen LogP contribution in [0.3, 0.4) is 0 Å². The van der Waals surface area contributed by atoms with E-state index in [1.54, 1.807) is 14.0 Å². The van der Waals surface area contributed by atoms with Crippen LogP contribution in [0.4, 0.5) is 0 Å². The van der Waals surface area contributed by atoms with Crippen molar-refractivity contribution < 1.29 is 17.9 Å². The van der Waals surface area contributed by atoms with Crippen LogP contribution in [0.1, 0.15) is 32.6 Å². The van der Waals surface area contributed by atoms with E-state index in [-0.39, 0.29) is 35.4 Å². The van der Waals surface area contributed by atoms with Gasteiger partial charge in [-0.3, -0.25) is 4.79 Å². The third-order valence-electron chi connectivity index (χ3n) is 5.34. The zero-order valence-electron chi connectivity index (χ0n) is 15.3. The Kier molecular flexibility index (Phi) is 9.11. The van der Waals surface area contributed by atoms with Gasteiger partial charge in [-0.2, -0.15) is 0 Å². The number of hydrogen-bond acceptors (Lipinski definition) is 5. The molecule has 0 aromatic carbocycles. The average Bonchev–Trinajstić information content (AvgIpc) is 2.61. The molecule has 2 saturated heterocycles. The minimum absolute atomic E-state index is 0. The smallest absolute Gasteiger partial charge is 0.223 e. The number of nitrogens with zero attached hydrogens (tertiary/aromatic N) is 1. The lowest BCUT2D eigenvalue weighted by molar-refractivity contribution is -0.127. The van der Waals surface area contributed by atoms with Crippen LogP contribution in [0.15, 0.2) is 0 Å². The summed E-state index contributed by atoms with van der Waals surface area (Å²) in [6, 6.07) is 0. The summed E-state index contributed by atoms with van der Waals surface area (Å²) in [5, 5.41) is 6.44. The Labute approximate surface area is 157 Å². The van der Waals surface area contributed by atoms with E-state index in [1.807, 2.05) is 0 Å². The van der Waals surface area contributed by atoms with Gasteiger partial charge in [-0.05, 0) is 45.7 Å². The molecule has 148 valence electrons. The molecule has 0 bridgehead atoms. The molecule has 2 aliphatic heterocycles. The monoisotopic (exact) mass is 397 g/mol. The fourth-order valence-electron chi connectivity index (χ4n) is 3.63. The van der Waals surface area contributed by atoms with Crippen LogP contribution in [0.25, 0.3) is 0 Å². The number of carbonyl (C=O) groups is 1. The summed E-state index contributed by atoms with van der Waals surface area (Å²) in [6.07, 6.45) is 3.19. The van der Waals surface area contributed by atoms with Gasteiger partial charge in [0, 0.05) is 38.1 Å². The first-order valence-electron chi connectivity index (χ1n) is 8.88. The number of methoxy groups -OCH3 is 1. The van der Waals surface area contributed by atoms with E-state index in [2.05, 4.69) is 10.6 Å². The number of ether oxygens (including phenoxy) is 1. The zero-order valence-corrected chi connectivity index (χ0v) is 16.9. The Hall–Kier alpha value is -0.410. The standard InChI is InChI=1S/C16H31N3O4S.ClH/c1-3-24(21,22)19-10-4-14(5-11-19)15(20)18-12-16(13-23-2)6-8-17-9-7-16;/h14,17H,3-13H2,1-2H3,(H,18,20);1H. The summed E-state index contributed by atoms with van der Waals surface area (Å²) in [5.41, 5.74) is 0.0158. The van der Waals surface area contributed by atoms with Crippen molar-refractivity contribution in [2.45, 2.75) is 32.6 Å². The molecular formula is C16H32ClN3O4S. The van der Waals surface area contributed by atoms with Gasteiger partial charge in [0.25, 0.3) is 0 Å². The number of hydrogen-bond donors (Lipinski definition) is 2. The second-order valence-electron chi connectivity index (χ2n) is 6.97. The third-order valence-corrected chi connectivity index (χ3v) is 7.22. The van der Waals surface area contributed by atoms with Crippen LogP contribution in [0, 0.1) is 11.3 Å². The maximum Gasteiger partial charge on any atom is 0.223 e. The Balaban J connectivity index is 0.00000312. The quantitative estimate of drug-likeness (QED) is 0.657.